The van der Waals surface area contributed by atoms with Crippen LogP contribution in [0.4, 0.5) is 5.69 Å². The molecule has 0 aliphatic rings. The zero-order valence-electron chi connectivity index (χ0n) is 9.34. The number of carbonyl (C=O) groups excluding carboxylic acids is 1. The van der Waals surface area contributed by atoms with Crippen LogP contribution in [0.5, 0.6) is 0 Å². The zero-order chi connectivity index (χ0) is 12.1. The highest BCUT2D eigenvalue weighted by molar-refractivity contribution is 7.99. The lowest BCUT2D eigenvalue weighted by Crippen LogP contribution is -2.13. The molecule has 3 nitrogen and oxygen atoms in total. The lowest BCUT2D eigenvalue weighted by Gasteiger charge is -2.04. The number of aromatic nitrogens is 1. The van der Waals surface area contributed by atoms with Crippen molar-refractivity contribution in [3.63, 3.8) is 0 Å². The Morgan fingerprint density at radius 3 is 2.76 bits per heavy atom. The minimum Gasteiger partial charge on any atom is -0.325 e. The Morgan fingerprint density at radius 2 is 2.18 bits per heavy atom. The first-order valence-corrected chi connectivity index (χ1v) is 7.35. The third-order valence-electron chi connectivity index (χ3n) is 2.12. The number of nitrogens with one attached hydrogen (secondary N) is 1. The Balaban J connectivity index is 2.06. The topological polar surface area (TPSA) is 42.0 Å². The molecule has 17 heavy (non-hydrogen) atoms. The highest BCUT2D eigenvalue weighted by Gasteiger charge is 2.03. The number of hydrogen-bond donors (Lipinski definition) is 1. The van der Waals surface area contributed by atoms with E-state index in [0.717, 1.165) is 16.3 Å². The van der Waals surface area contributed by atoms with Crippen LogP contribution in [-0.4, -0.2) is 22.9 Å². The molecule has 1 aromatic carbocycles. The molecule has 5 heteroatoms. The highest BCUT2D eigenvalue weighted by atomic mass is 32.2. The van der Waals surface area contributed by atoms with Gasteiger partial charge in [-0.05, 0) is 30.5 Å². The SMILES string of the molecule is CSCC(=O)Nc1ccc(-c2nccs2)cc1. The van der Waals surface area contributed by atoms with Crippen molar-refractivity contribution in [2.45, 2.75) is 0 Å². The summed E-state index contributed by atoms with van der Waals surface area (Å²) in [5, 5.41) is 5.78. The number of benzene rings is 1. The monoisotopic (exact) mass is 264 g/mol. The lowest BCUT2D eigenvalue weighted by atomic mass is 10.2. The number of rotatable bonds is 4. The molecule has 2 rings (SSSR count). The molecule has 0 saturated heterocycles. The van der Waals surface area contributed by atoms with E-state index in [9.17, 15) is 4.79 Å². The van der Waals surface area contributed by atoms with Crippen LogP contribution in [0.15, 0.2) is 35.8 Å². The molecule has 1 aromatic heterocycles. The number of thioether (sulfide) groups is 1. The molecule has 0 unspecified atom stereocenters. The van der Waals surface area contributed by atoms with Crippen molar-refractivity contribution < 1.29 is 4.79 Å². The fraction of sp³-hybridized carbons (Fsp3) is 0.167. The molecule has 1 amide bonds. The summed E-state index contributed by atoms with van der Waals surface area (Å²) in [7, 11) is 0. The Morgan fingerprint density at radius 1 is 1.41 bits per heavy atom. The number of amides is 1. The molecule has 0 spiro atoms. The maximum absolute atomic E-state index is 11.4. The van der Waals surface area contributed by atoms with Crippen molar-refractivity contribution >= 4 is 34.7 Å². The zero-order valence-corrected chi connectivity index (χ0v) is 11.0. The van der Waals surface area contributed by atoms with E-state index in [-0.39, 0.29) is 5.91 Å². The summed E-state index contributed by atoms with van der Waals surface area (Å²) >= 11 is 3.11. The van der Waals surface area contributed by atoms with Crippen LogP contribution < -0.4 is 5.32 Å². The minimum absolute atomic E-state index is 0.0273. The number of hydrogen-bond acceptors (Lipinski definition) is 4. The predicted octanol–water partition coefficient (Wildman–Crippen LogP) is 3.11. The van der Waals surface area contributed by atoms with E-state index in [4.69, 9.17) is 0 Å². The van der Waals surface area contributed by atoms with E-state index in [0.29, 0.717) is 5.75 Å². The van der Waals surface area contributed by atoms with E-state index in [1.165, 1.54) is 11.8 Å². The van der Waals surface area contributed by atoms with Crippen LogP contribution in [0, 0.1) is 0 Å². The second-order valence-corrected chi connectivity index (χ2v) is 5.16. The molecule has 1 N–H and O–H groups in total. The second kappa shape index (κ2) is 5.84. The van der Waals surface area contributed by atoms with Crippen molar-refractivity contribution in [2.24, 2.45) is 0 Å². The molecule has 0 fully saturated rings. The van der Waals surface area contributed by atoms with Gasteiger partial charge in [0, 0.05) is 22.8 Å². The maximum Gasteiger partial charge on any atom is 0.234 e. The summed E-state index contributed by atoms with van der Waals surface area (Å²) in [6.45, 7) is 0. The standard InChI is InChI=1S/C12H12N2OS2/c1-16-8-11(15)14-10-4-2-9(3-5-10)12-13-6-7-17-12/h2-7H,8H2,1H3,(H,14,15). The van der Waals surface area contributed by atoms with Crippen LogP contribution in [0.3, 0.4) is 0 Å². The van der Waals surface area contributed by atoms with E-state index < -0.39 is 0 Å². The van der Waals surface area contributed by atoms with Crippen LogP contribution in [-0.2, 0) is 4.79 Å². The molecule has 0 saturated carbocycles. The van der Waals surface area contributed by atoms with Gasteiger partial charge in [-0.2, -0.15) is 11.8 Å². The van der Waals surface area contributed by atoms with Crippen molar-refractivity contribution in [2.75, 3.05) is 17.3 Å². The van der Waals surface area contributed by atoms with Crippen LogP contribution in [0.1, 0.15) is 0 Å². The van der Waals surface area contributed by atoms with Gasteiger partial charge in [-0.1, -0.05) is 0 Å². The molecule has 88 valence electrons. The molecule has 0 aliphatic heterocycles. The lowest BCUT2D eigenvalue weighted by molar-refractivity contribution is -0.113. The fourth-order valence-electron chi connectivity index (χ4n) is 1.39. The summed E-state index contributed by atoms with van der Waals surface area (Å²) in [5.74, 6) is 0.508. The Labute approximate surface area is 108 Å². The summed E-state index contributed by atoms with van der Waals surface area (Å²) in [6, 6.07) is 7.73. The van der Waals surface area contributed by atoms with Gasteiger partial charge in [-0.25, -0.2) is 4.98 Å². The average molecular weight is 264 g/mol. The molecule has 0 atom stereocenters. The molecule has 0 bridgehead atoms. The van der Waals surface area contributed by atoms with E-state index in [1.54, 1.807) is 17.5 Å². The van der Waals surface area contributed by atoms with Gasteiger partial charge in [0.15, 0.2) is 0 Å². The first kappa shape index (κ1) is 12.1. The van der Waals surface area contributed by atoms with Gasteiger partial charge < -0.3 is 5.32 Å². The Hall–Kier alpha value is -1.33. The third kappa shape index (κ3) is 3.31. The van der Waals surface area contributed by atoms with Crippen molar-refractivity contribution in [1.82, 2.24) is 4.98 Å². The van der Waals surface area contributed by atoms with E-state index >= 15 is 0 Å². The van der Waals surface area contributed by atoms with Gasteiger partial charge >= 0.3 is 0 Å². The smallest absolute Gasteiger partial charge is 0.234 e. The number of carbonyl (C=O) groups is 1. The normalized spacial score (nSPS) is 10.2. The maximum atomic E-state index is 11.4. The Bertz CT molecular complexity index is 480. The average Bonchev–Trinajstić information content (AvgIpc) is 2.84. The summed E-state index contributed by atoms with van der Waals surface area (Å²) in [6.07, 6.45) is 3.69. The summed E-state index contributed by atoms with van der Waals surface area (Å²) in [4.78, 5) is 15.6. The van der Waals surface area contributed by atoms with Crippen LogP contribution in [0.25, 0.3) is 10.6 Å². The van der Waals surface area contributed by atoms with Gasteiger partial charge in [0.2, 0.25) is 5.91 Å². The largest absolute Gasteiger partial charge is 0.325 e. The van der Waals surface area contributed by atoms with Crippen molar-refractivity contribution in [1.29, 1.82) is 0 Å². The van der Waals surface area contributed by atoms with Crippen molar-refractivity contribution in [3.8, 4) is 10.6 Å². The molecule has 0 radical (unpaired) electrons. The number of anilines is 1. The van der Waals surface area contributed by atoms with Gasteiger partial charge in [-0.15, -0.1) is 11.3 Å². The molecule has 0 aliphatic carbocycles. The highest BCUT2D eigenvalue weighted by Crippen LogP contribution is 2.23. The van der Waals surface area contributed by atoms with Gasteiger partial charge in [0.25, 0.3) is 0 Å². The number of nitrogens with zero attached hydrogens (tertiary/aromatic N) is 1. The van der Waals surface area contributed by atoms with Gasteiger partial charge in [-0.3, -0.25) is 4.79 Å². The van der Waals surface area contributed by atoms with Crippen molar-refractivity contribution in [3.05, 3.63) is 35.8 Å². The van der Waals surface area contributed by atoms with Gasteiger partial charge in [0.1, 0.15) is 5.01 Å². The van der Waals surface area contributed by atoms with E-state index in [2.05, 4.69) is 10.3 Å². The quantitative estimate of drug-likeness (QED) is 0.922. The van der Waals surface area contributed by atoms with Crippen LogP contribution >= 0.6 is 23.1 Å². The summed E-state index contributed by atoms with van der Waals surface area (Å²) < 4.78 is 0. The Kier molecular flexibility index (Phi) is 4.17. The number of thiazole rings is 1. The molecular weight excluding hydrogens is 252 g/mol. The molecular formula is C12H12N2OS2. The third-order valence-corrected chi connectivity index (χ3v) is 3.50. The first-order valence-electron chi connectivity index (χ1n) is 5.08. The second-order valence-electron chi connectivity index (χ2n) is 3.40. The van der Waals surface area contributed by atoms with Crippen LogP contribution in [0.2, 0.25) is 0 Å². The first-order chi connectivity index (χ1) is 8.29. The predicted molar refractivity (Wildman–Crippen MR) is 74.6 cm³/mol. The van der Waals surface area contributed by atoms with Gasteiger partial charge in [0.05, 0.1) is 5.75 Å². The molecule has 2 aromatic rings. The molecule has 1 heterocycles. The van der Waals surface area contributed by atoms with E-state index in [1.807, 2.05) is 35.9 Å². The fourth-order valence-corrected chi connectivity index (χ4v) is 2.37. The summed E-state index contributed by atoms with van der Waals surface area (Å²) in [5.41, 5.74) is 1.90. The minimum atomic E-state index is 0.0273.